The average molecular weight is 503 g/mol. The van der Waals surface area contributed by atoms with Crippen molar-refractivity contribution < 1.29 is 18.7 Å². The molecule has 0 bridgehead atoms. The van der Waals surface area contributed by atoms with Crippen molar-refractivity contribution in [2.45, 2.75) is 24.1 Å². The van der Waals surface area contributed by atoms with Gasteiger partial charge in [-0.15, -0.1) is 0 Å². The topological polar surface area (TPSA) is 83.4 Å². The van der Waals surface area contributed by atoms with Crippen molar-refractivity contribution in [1.29, 1.82) is 0 Å². The number of hydrazone groups is 1. The molecule has 7 nitrogen and oxygen atoms in total. The van der Waals surface area contributed by atoms with E-state index in [1.54, 1.807) is 24.3 Å². The summed E-state index contributed by atoms with van der Waals surface area (Å²) >= 11 is 1.21. The molecule has 2 aliphatic rings. The molecule has 1 N–H and O–H groups in total. The van der Waals surface area contributed by atoms with Gasteiger partial charge in [0.2, 0.25) is 5.91 Å². The van der Waals surface area contributed by atoms with Crippen LogP contribution in [0.25, 0.3) is 0 Å². The van der Waals surface area contributed by atoms with Gasteiger partial charge < -0.3 is 10.1 Å². The molecule has 36 heavy (non-hydrogen) atoms. The number of carbonyl (C=O) groups is 2. The van der Waals surface area contributed by atoms with Gasteiger partial charge in [0.05, 0.1) is 24.6 Å². The first kappa shape index (κ1) is 23.7. The minimum atomic E-state index is -0.705. The van der Waals surface area contributed by atoms with Crippen LogP contribution < -0.4 is 10.1 Å². The highest BCUT2D eigenvalue weighted by Gasteiger charge is 2.39. The highest BCUT2D eigenvalue weighted by atomic mass is 32.2. The molecular formula is C27H23FN4O3S. The van der Waals surface area contributed by atoms with E-state index in [9.17, 15) is 14.0 Å². The molecule has 9 heteroatoms. The number of para-hydroxylation sites is 1. The van der Waals surface area contributed by atoms with Gasteiger partial charge in [-0.3, -0.25) is 9.59 Å². The molecule has 5 rings (SSSR count). The van der Waals surface area contributed by atoms with Gasteiger partial charge in [-0.25, -0.2) is 9.40 Å². The quantitative estimate of drug-likeness (QED) is 0.512. The fourth-order valence-electron chi connectivity index (χ4n) is 4.12. The third kappa shape index (κ3) is 5.01. The van der Waals surface area contributed by atoms with E-state index < -0.39 is 22.9 Å². The summed E-state index contributed by atoms with van der Waals surface area (Å²) in [5.41, 5.74) is 2.94. The lowest BCUT2D eigenvalue weighted by atomic mass is 9.98. The second-order valence-electron chi connectivity index (χ2n) is 8.32. The zero-order chi connectivity index (χ0) is 25.1. The van der Waals surface area contributed by atoms with Gasteiger partial charge in [-0.05, 0) is 47.5 Å². The Morgan fingerprint density at radius 3 is 2.53 bits per heavy atom. The molecule has 0 radical (unpaired) electrons. The van der Waals surface area contributed by atoms with E-state index >= 15 is 0 Å². The van der Waals surface area contributed by atoms with Crippen LogP contribution in [0.3, 0.4) is 0 Å². The van der Waals surface area contributed by atoms with E-state index in [0.29, 0.717) is 11.6 Å². The minimum Gasteiger partial charge on any atom is -0.497 e. The van der Waals surface area contributed by atoms with E-state index in [4.69, 9.17) is 9.84 Å². The summed E-state index contributed by atoms with van der Waals surface area (Å²) < 4.78 is 19.2. The van der Waals surface area contributed by atoms with Crippen LogP contribution in [0.5, 0.6) is 5.75 Å². The lowest BCUT2D eigenvalue weighted by Crippen LogP contribution is -2.25. The monoisotopic (exact) mass is 502 g/mol. The number of hydrogen-bond acceptors (Lipinski definition) is 6. The number of anilines is 1. The highest BCUT2D eigenvalue weighted by Crippen LogP contribution is 2.38. The van der Waals surface area contributed by atoms with Crippen LogP contribution in [0.4, 0.5) is 10.1 Å². The second kappa shape index (κ2) is 10.3. The largest absolute Gasteiger partial charge is 0.497 e. The maximum atomic E-state index is 13.9. The first-order chi connectivity index (χ1) is 17.5. The van der Waals surface area contributed by atoms with Gasteiger partial charge in [0.15, 0.2) is 5.17 Å². The smallest absolute Gasteiger partial charge is 0.262 e. The van der Waals surface area contributed by atoms with Crippen molar-refractivity contribution in [3.05, 3.63) is 95.8 Å². The molecule has 182 valence electrons. The molecule has 2 amide bonds. The van der Waals surface area contributed by atoms with E-state index in [2.05, 4.69) is 10.3 Å². The number of nitrogens with one attached hydrogen (secondary N) is 1. The third-order valence-electron chi connectivity index (χ3n) is 5.96. The standard InChI is InChI=1S/C27H23FN4O3S/c1-35-19-13-11-17(12-14-19)22-15-23(18-7-3-2-4-8-18)32(31-22)27-30-26(34)24(36-27)16-25(33)29-21-10-6-5-9-20(21)28/h2-14,23-24H,15-16H2,1H3,(H,29,33)/t23-,24-/m0/s1. The van der Waals surface area contributed by atoms with Crippen LogP contribution in [-0.4, -0.2) is 40.1 Å². The zero-order valence-electron chi connectivity index (χ0n) is 19.4. The molecular weight excluding hydrogens is 479 g/mol. The number of amidine groups is 1. The number of nitrogens with zero attached hydrogens (tertiary/aromatic N) is 3. The van der Waals surface area contributed by atoms with Gasteiger partial charge in [0.1, 0.15) is 16.8 Å². The van der Waals surface area contributed by atoms with E-state index in [0.717, 1.165) is 22.6 Å². The SMILES string of the molecule is COc1ccc(C2=NN(C3=NC(=O)[C@H](CC(=O)Nc4ccccc4F)S3)[C@H](c3ccccc3)C2)cc1. The number of hydrogen-bond donors (Lipinski definition) is 1. The summed E-state index contributed by atoms with van der Waals surface area (Å²) in [4.78, 5) is 29.5. The molecule has 0 fully saturated rings. The van der Waals surface area contributed by atoms with E-state index in [1.807, 2.05) is 54.6 Å². The molecule has 0 unspecified atom stereocenters. The Kier molecular flexibility index (Phi) is 6.81. The van der Waals surface area contributed by atoms with Crippen molar-refractivity contribution in [3.8, 4) is 5.75 Å². The number of thioether (sulfide) groups is 1. The van der Waals surface area contributed by atoms with Gasteiger partial charge in [-0.2, -0.15) is 10.1 Å². The predicted octanol–water partition coefficient (Wildman–Crippen LogP) is 5.01. The van der Waals surface area contributed by atoms with Crippen molar-refractivity contribution >= 4 is 40.1 Å². The molecule has 3 aromatic rings. The van der Waals surface area contributed by atoms with Crippen LogP contribution in [0.2, 0.25) is 0 Å². The fourth-order valence-corrected chi connectivity index (χ4v) is 5.18. The zero-order valence-corrected chi connectivity index (χ0v) is 20.2. The molecule has 0 spiro atoms. The molecule has 2 aliphatic heterocycles. The number of amides is 2. The summed E-state index contributed by atoms with van der Waals surface area (Å²) in [7, 11) is 1.62. The van der Waals surface area contributed by atoms with Crippen molar-refractivity contribution in [2.75, 3.05) is 12.4 Å². The number of aliphatic imine (C=N–C) groups is 1. The van der Waals surface area contributed by atoms with Gasteiger partial charge in [-0.1, -0.05) is 54.2 Å². The molecule has 3 aromatic carbocycles. The molecule has 0 saturated heterocycles. The Bertz CT molecular complexity index is 1340. The summed E-state index contributed by atoms with van der Waals surface area (Å²) in [6, 6.07) is 23.3. The van der Waals surface area contributed by atoms with E-state index in [1.165, 1.54) is 23.9 Å². The van der Waals surface area contributed by atoms with Crippen LogP contribution in [0, 0.1) is 5.82 Å². The molecule has 0 aromatic heterocycles. The Hall–Kier alpha value is -3.98. The summed E-state index contributed by atoms with van der Waals surface area (Å²) in [5.74, 6) is -0.632. The Balaban J connectivity index is 1.35. The number of benzene rings is 3. The van der Waals surface area contributed by atoms with Crippen LogP contribution in [0.15, 0.2) is 89.0 Å². The van der Waals surface area contributed by atoms with Gasteiger partial charge in [0, 0.05) is 12.8 Å². The minimum absolute atomic E-state index is 0.0801. The third-order valence-corrected chi connectivity index (χ3v) is 7.10. The van der Waals surface area contributed by atoms with Crippen molar-refractivity contribution in [1.82, 2.24) is 5.01 Å². The Morgan fingerprint density at radius 1 is 1.08 bits per heavy atom. The van der Waals surface area contributed by atoms with Crippen LogP contribution in [0.1, 0.15) is 30.0 Å². The normalized spacial score (nSPS) is 19.2. The molecule has 2 atom stereocenters. The fraction of sp³-hybridized carbons (Fsp3) is 0.185. The maximum Gasteiger partial charge on any atom is 0.262 e. The number of rotatable bonds is 6. The Morgan fingerprint density at radius 2 is 1.81 bits per heavy atom. The summed E-state index contributed by atoms with van der Waals surface area (Å²) in [6.07, 6.45) is 0.506. The van der Waals surface area contributed by atoms with Crippen molar-refractivity contribution in [2.24, 2.45) is 10.1 Å². The van der Waals surface area contributed by atoms with Gasteiger partial charge in [0.25, 0.3) is 5.91 Å². The first-order valence-electron chi connectivity index (χ1n) is 11.4. The highest BCUT2D eigenvalue weighted by molar-refractivity contribution is 8.15. The van der Waals surface area contributed by atoms with Crippen molar-refractivity contribution in [3.63, 3.8) is 0 Å². The average Bonchev–Trinajstić information content (AvgIpc) is 3.50. The molecule has 2 heterocycles. The summed E-state index contributed by atoms with van der Waals surface area (Å²) in [5, 5.41) is 8.88. The number of ether oxygens (including phenoxy) is 1. The molecule has 0 saturated carbocycles. The lowest BCUT2D eigenvalue weighted by molar-refractivity contribution is -0.121. The number of methoxy groups -OCH3 is 1. The summed E-state index contributed by atoms with van der Waals surface area (Å²) in [6.45, 7) is 0. The predicted molar refractivity (Wildman–Crippen MR) is 139 cm³/mol. The Labute approximate surface area is 212 Å². The first-order valence-corrected chi connectivity index (χ1v) is 12.3. The number of carbonyl (C=O) groups excluding carboxylic acids is 2. The van der Waals surface area contributed by atoms with Crippen LogP contribution >= 0.6 is 11.8 Å². The lowest BCUT2D eigenvalue weighted by Gasteiger charge is -2.23. The second-order valence-corrected chi connectivity index (χ2v) is 9.49. The number of halogens is 1. The molecule has 0 aliphatic carbocycles. The van der Waals surface area contributed by atoms with E-state index in [-0.39, 0.29) is 18.2 Å². The maximum absolute atomic E-state index is 13.9. The van der Waals surface area contributed by atoms with Crippen LogP contribution in [-0.2, 0) is 9.59 Å². The van der Waals surface area contributed by atoms with Gasteiger partial charge >= 0.3 is 0 Å².